The standard InChI is InChI=1S/C12H18N4O2S2/c1-15(9-5-3-2-4-6-9)20(17,18)11-10(13)14-12-16(11)7-8-19-12/h7-9H,2-6,13H2,1H3. The first kappa shape index (κ1) is 13.8. The number of sulfonamides is 1. The number of nitrogens with two attached hydrogens (primary N) is 1. The van der Waals surface area contributed by atoms with Crippen molar-refractivity contribution < 1.29 is 8.42 Å². The van der Waals surface area contributed by atoms with Crippen molar-refractivity contribution in [2.24, 2.45) is 0 Å². The van der Waals surface area contributed by atoms with Gasteiger partial charge in [-0.15, -0.1) is 11.3 Å². The fraction of sp³-hybridized carbons (Fsp3) is 0.583. The summed E-state index contributed by atoms with van der Waals surface area (Å²) < 4.78 is 28.7. The second-order valence-electron chi connectivity index (χ2n) is 5.17. The molecule has 0 amide bonds. The van der Waals surface area contributed by atoms with Crippen LogP contribution in [0.5, 0.6) is 0 Å². The third-order valence-electron chi connectivity index (χ3n) is 3.96. The highest BCUT2D eigenvalue weighted by atomic mass is 32.2. The minimum atomic E-state index is -3.61. The first-order chi connectivity index (χ1) is 9.51. The summed E-state index contributed by atoms with van der Waals surface area (Å²) in [5.41, 5.74) is 5.82. The maximum atomic E-state index is 12.8. The molecule has 1 fully saturated rings. The molecule has 8 heteroatoms. The second-order valence-corrected chi connectivity index (χ2v) is 7.96. The summed E-state index contributed by atoms with van der Waals surface area (Å²) in [5, 5.41) is 1.91. The molecule has 2 N–H and O–H groups in total. The highest BCUT2D eigenvalue weighted by molar-refractivity contribution is 7.89. The van der Waals surface area contributed by atoms with Crippen molar-refractivity contribution in [3.63, 3.8) is 0 Å². The Morgan fingerprint density at radius 1 is 1.40 bits per heavy atom. The summed E-state index contributed by atoms with van der Waals surface area (Å²) in [6.07, 6.45) is 6.89. The van der Waals surface area contributed by atoms with Crippen molar-refractivity contribution >= 4 is 32.1 Å². The molecule has 2 heterocycles. The molecule has 0 saturated heterocycles. The largest absolute Gasteiger partial charge is 0.381 e. The monoisotopic (exact) mass is 314 g/mol. The van der Waals surface area contributed by atoms with Crippen molar-refractivity contribution in [2.45, 2.75) is 43.2 Å². The molecule has 2 aromatic rings. The normalized spacial score (nSPS) is 18.1. The fourth-order valence-electron chi connectivity index (χ4n) is 2.82. The maximum absolute atomic E-state index is 12.8. The molecule has 0 aliphatic heterocycles. The van der Waals surface area contributed by atoms with Crippen molar-refractivity contribution in [3.05, 3.63) is 11.6 Å². The van der Waals surface area contributed by atoms with Crippen molar-refractivity contribution in [3.8, 4) is 0 Å². The Morgan fingerprint density at radius 2 is 2.10 bits per heavy atom. The Balaban J connectivity index is 2.02. The first-order valence-corrected chi connectivity index (χ1v) is 9.03. The molecule has 0 atom stereocenters. The Bertz CT molecular complexity index is 713. The zero-order valence-corrected chi connectivity index (χ0v) is 13.0. The van der Waals surface area contributed by atoms with Crippen LogP contribution < -0.4 is 5.73 Å². The van der Waals surface area contributed by atoms with Crippen LogP contribution in [-0.2, 0) is 10.0 Å². The van der Waals surface area contributed by atoms with Crippen LogP contribution in [-0.4, -0.2) is 35.2 Å². The number of imidazole rings is 1. The Hall–Kier alpha value is -1.12. The van der Waals surface area contributed by atoms with E-state index in [0.717, 1.165) is 25.7 Å². The van der Waals surface area contributed by atoms with Gasteiger partial charge in [0.05, 0.1) is 0 Å². The Morgan fingerprint density at radius 3 is 2.80 bits per heavy atom. The van der Waals surface area contributed by atoms with Gasteiger partial charge in [-0.1, -0.05) is 19.3 Å². The SMILES string of the molecule is CN(C1CCCCC1)S(=O)(=O)c1c(N)nc2sccn12. The van der Waals surface area contributed by atoms with Gasteiger partial charge in [0.1, 0.15) is 0 Å². The lowest BCUT2D eigenvalue weighted by Crippen LogP contribution is -2.38. The molecule has 0 unspecified atom stereocenters. The maximum Gasteiger partial charge on any atom is 0.262 e. The number of hydrogen-bond donors (Lipinski definition) is 1. The van der Waals surface area contributed by atoms with E-state index in [1.165, 1.54) is 22.1 Å². The van der Waals surface area contributed by atoms with Crippen LogP contribution >= 0.6 is 11.3 Å². The molecule has 0 spiro atoms. The number of nitrogen functional groups attached to an aromatic ring is 1. The molecular formula is C12H18N4O2S2. The van der Waals surface area contributed by atoms with Crippen molar-refractivity contribution in [2.75, 3.05) is 12.8 Å². The van der Waals surface area contributed by atoms with Crippen LogP contribution in [0.3, 0.4) is 0 Å². The zero-order chi connectivity index (χ0) is 14.3. The molecule has 3 rings (SSSR count). The van der Waals surface area contributed by atoms with Gasteiger partial charge < -0.3 is 5.73 Å². The lowest BCUT2D eigenvalue weighted by Gasteiger charge is -2.30. The molecular weight excluding hydrogens is 296 g/mol. The summed E-state index contributed by atoms with van der Waals surface area (Å²) in [6, 6.07) is 0.0670. The molecule has 110 valence electrons. The zero-order valence-electron chi connectivity index (χ0n) is 11.3. The quantitative estimate of drug-likeness (QED) is 0.938. The highest BCUT2D eigenvalue weighted by Crippen LogP contribution is 2.30. The van der Waals surface area contributed by atoms with Gasteiger partial charge in [0.25, 0.3) is 10.0 Å². The van der Waals surface area contributed by atoms with Crippen LogP contribution in [0.25, 0.3) is 4.96 Å². The number of aromatic nitrogens is 2. The van der Waals surface area contributed by atoms with E-state index in [0.29, 0.717) is 4.96 Å². The van der Waals surface area contributed by atoms with Gasteiger partial charge >= 0.3 is 0 Å². The van der Waals surface area contributed by atoms with Crippen LogP contribution in [0.1, 0.15) is 32.1 Å². The van der Waals surface area contributed by atoms with Gasteiger partial charge in [0, 0.05) is 24.7 Å². The van der Waals surface area contributed by atoms with E-state index < -0.39 is 10.0 Å². The number of fused-ring (bicyclic) bond motifs is 1. The smallest absolute Gasteiger partial charge is 0.262 e. The van der Waals surface area contributed by atoms with Crippen molar-refractivity contribution in [1.29, 1.82) is 0 Å². The molecule has 1 aliphatic rings. The van der Waals surface area contributed by atoms with Crippen molar-refractivity contribution in [1.82, 2.24) is 13.7 Å². The minimum absolute atomic E-state index is 0.0670. The molecule has 2 aromatic heterocycles. The van der Waals surface area contributed by atoms with Gasteiger partial charge in [0.2, 0.25) is 0 Å². The van der Waals surface area contributed by atoms with Crippen LogP contribution in [0.4, 0.5) is 5.82 Å². The predicted molar refractivity (Wildman–Crippen MR) is 79.3 cm³/mol. The fourth-order valence-corrected chi connectivity index (χ4v) is 5.18. The second kappa shape index (κ2) is 5.01. The topological polar surface area (TPSA) is 80.7 Å². The Kier molecular flexibility index (Phi) is 3.47. The molecule has 0 radical (unpaired) electrons. The van der Waals surface area contributed by atoms with Crippen LogP contribution in [0.2, 0.25) is 0 Å². The van der Waals surface area contributed by atoms with Crippen LogP contribution in [0, 0.1) is 0 Å². The molecule has 1 aliphatic carbocycles. The number of rotatable bonds is 3. The van der Waals surface area contributed by atoms with Crippen LogP contribution in [0.15, 0.2) is 16.6 Å². The number of hydrogen-bond acceptors (Lipinski definition) is 5. The lowest BCUT2D eigenvalue weighted by molar-refractivity contribution is 0.285. The van der Waals surface area contributed by atoms with E-state index >= 15 is 0 Å². The average Bonchev–Trinajstić information content (AvgIpc) is 2.98. The summed E-state index contributed by atoms with van der Waals surface area (Å²) in [5.74, 6) is 0.0829. The summed E-state index contributed by atoms with van der Waals surface area (Å²) >= 11 is 1.37. The minimum Gasteiger partial charge on any atom is -0.381 e. The van der Waals surface area contributed by atoms with E-state index in [1.54, 1.807) is 23.0 Å². The number of thiazole rings is 1. The molecule has 6 nitrogen and oxygen atoms in total. The van der Waals surface area contributed by atoms with Gasteiger partial charge in [-0.2, -0.15) is 4.31 Å². The number of anilines is 1. The molecule has 1 saturated carbocycles. The van der Waals surface area contributed by atoms with Gasteiger partial charge in [-0.25, -0.2) is 13.4 Å². The average molecular weight is 314 g/mol. The summed E-state index contributed by atoms with van der Waals surface area (Å²) in [4.78, 5) is 4.73. The first-order valence-electron chi connectivity index (χ1n) is 6.71. The third kappa shape index (κ3) is 2.11. The van der Waals surface area contributed by atoms with E-state index in [2.05, 4.69) is 4.98 Å². The number of nitrogens with zero attached hydrogens (tertiary/aromatic N) is 3. The van der Waals surface area contributed by atoms with Gasteiger partial charge in [-0.3, -0.25) is 4.40 Å². The van der Waals surface area contributed by atoms with Gasteiger partial charge in [0.15, 0.2) is 15.8 Å². The van der Waals surface area contributed by atoms with E-state index in [-0.39, 0.29) is 16.9 Å². The third-order valence-corrected chi connectivity index (χ3v) is 6.66. The highest BCUT2D eigenvalue weighted by Gasteiger charge is 2.33. The molecule has 0 aromatic carbocycles. The molecule has 20 heavy (non-hydrogen) atoms. The van der Waals surface area contributed by atoms with Gasteiger partial charge in [-0.05, 0) is 12.8 Å². The molecule has 0 bridgehead atoms. The Labute approximate surface area is 122 Å². The predicted octanol–water partition coefficient (Wildman–Crippen LogP) is 1.93. The summed E-state index contributed by atoms with van der Waals surface area (Å²) in [7, 11) is -1.96. The van der Waals surface area contributed by atoms with E-state index in [1.807, 2.05) is 0 Å². The summed E-state index contributed by atoms with van der Waals surface area (Å²) in [6.45, 7) is 0. The lowest BCUT2D eigenvalue weighted by atomic mass is 9.96. The van der Waals surface area contributed by atoms with E-state index in [4.69, 9.17) is 5.73 Å². The van der Waals surface area contributed by atoms with E-state index in [9.17, 15) is 8.42 Å².